The second-order valence-corrected chi connectivity index (χ2v) is 5.81. The number of ether oxygens (including phenoxy) is 1. The molecule has 0 fully saturated rings. The van der Waals surface area contributed by atoms with E-state index >= 15 is 0 Å². The first-order valence-corrected chi connectivity index (χ1v) is 8.00. The molecule has 0 saturated heterocycles. The molecule has 6 heteroatoms. The summed E-state index contributed by atoms with van der Waals surface area (Å²) in [5.41, 5.74) is 6.83. The van der Waals surface area contributed by atoms with Crippen molar-refractivity contribution in [1.82, 2.24) is 4.90 Å². The van der Waals surface area contributed by atoms with Crippen molar-refractivity contribution >= 4 is 35.6 Å². The number of nitrogens with zero attached hydrogens (tertiary/aromatic N) is 2. The zero-order valence-electron chi connectivity index (χ0n) is 14.9. The standard InChI is InChI=1S/C17H30N4O.HI/c1-6-21(13(2)3)12-11-19-17(18)20-15-7-9-16(10-8-15)22-14(4)5;/h7-10,13-14H,6,11-12H2,1-5H3,(H3,18,19,20);1H. The van der Waals surface area contributed by atoms with E-state index in [2.05, 4.69) is 36.0 Å². The summed E-state index contributed by atoms with van der Waals surface area (Å²) in [5, 5.41) is 3.10. The quantitative estimate of drug-likeness (QED) is 0.373. The van der Waals surface area contributed by atoms with Crippen LogP contribution in [0.5, 0.6) is 5.75 Å². The van der Waals surface area contributed by atoms with Crippen molar-refractivity contribution < 1.29 is 4.74 Å². The predicted octanol–water partition coefficient (Wildman–Crippen LogP) is 3.55. The number of likely N-dealkylation sites (N-methyl/N-ethyl adjacent to an activating group) is 1. The lowest BCUT2D eigenvalue weighted by molar-refractivity contribution is 0.241. The molecule has 0 bridgehead atoms. The minimum Gasteiger partial charge on any atom is -0.491 e. The van der Waals surface area contributed by atoms with Gasteiger partial charge in [-0.2, -0.15) is 0 Å². The van der Waals surface area contributed by atoms with Gasteiger partial charge in [0, 0.05) is 18.3 Å². The van der Waals surface area contributed by atoms with Crippen LogP contribution in [0.4, 0.5) is 5.69 Å². The topological polar surface area (TPSA) is 62.9 Å². The van der Waals surface area contributed by atoms with Crippen molar-refractivity contribution in [3.8, 4) is 5.75 Å². The summed E-state index contributed by atoms with van der Waals surface area (Å²) in [6.45, 7) is 13.2. The van der Waals surface area contributed by atoms with Crippen molar-refractivity contribution in [2.24, 2.45) is 10.7 Å². The summed E-state index contributed by atoms with van der Waals surface area (Å²) >= 11 is 0. The molecule has 0 aliphatic rings. The molecule has 1 aromatic carbocycles. The lowest BCUT2D eigenvalue weighted by atomic mass is 10.3. The number of aliphatic imine (C=N–C) groups is 1. The highest BCUT2D eigenvalue weighted by molar-refractivity contribution is 14.0. The van der Waals surface area contributed by atoms with Crippen molar-refractivity contribution in [2.45, 2.75) is 46.8 Å². The third-order valence-electron chi connectivity index (χ3n) is 3.30. The van der Waals surface area contributed by atoms with Gasteiger partial charge in [-0.05, 0) is 58.5 Å². The Hall–Kier alpha value is -1.02. The van der Waals surface area contributed by atoms with E-state index in [1.807, 2.05) is 38.1 Å². The van der Waals surface area contributed by atoms with Crippen LogP contribution >= 0.6 is 24.0 Å². The number of benzene rings is 1. The van der Waals surface area contributed by atoms with Crippen LogP contribution in [0.3, 0.4) is 0 Å². The van der Waals surface area contributed by atoms with E-state index in [-0.39, 0.29) is 30.1 Å². The van der Waals surface area contributed by atoms with Gasteiger partial charge in [-0.3, -0.25) is 9.89 Å². The SMILES string of the molecule is CCN(CCN=C(N)Nc1ccc(OC(C)C)cc1)C(C)C.I. The maximum absolute atomic E-state index is 5.92. The fraction of sp³-hybridized carbons (Fsp3) is 0.588. The number of halogens is 1. The highest BCUT2D eigenvalue weighted by Gasteiger charge is 2.05. The molecule has 3 N–H and O–H groups in total. The molecule has 0 aromatic heterocycles. The normalized spacial score (nSPS) is 11.7. The molecule has 0 amide bonds. The Bertz CT molecular complexity index is 460. The van der Waals surface area contributed by atoms with E-state index < -0.39 is 0 Å². The molecule has 0 aliphatic heterocycles. The number of anilines is 1. The number of rotatable bonds is 8. The van der Waals surface area contributed by atoms with Crippen LogP contribution in [-0.2, 0) is 0 Å². The molecule has 1 rings (SSSR count). The first kappa shape index (κ1) is 22.0. The molecule has 0 atom stereocenters. The first-order valence-electron chi connectivity index (χ1n) is 8.00. The van der Waals surface area contributed by atoms with Crippen LogP contribution in [-0.4, -0.2) is 42.6 Å². The Morgan fingerprint density at radius 1 is 1.22 bits per heavy atom. The van der Waals surface area contributed by atoms with E-state index in [1.165, 1.54) is 0 Å². The highest BCUT2D eigenvalue weighted by Crippen LogP contribution is 2.16. The average Bonchev–Trinajstić information content (AvgIpc) is 2.44. The van der Waals surface area contributed by atoms with Gasteiger partial charge in [-0.1, -0.05) is 6.92 Å². The van der Waals surface area contributed by atoms with Crippen LogP contribution in [0.1, 0.15) is 34.6 Å². The Morgan fingerprint density at radius 2 is 1.83 bits per heavy atom. The summed E-state index contributed by atoms with van der Waals surface area (Å²) < 4.78 is 5.61. The predicted molar refractivity (Wildman–Crippen MR) is 110 cm³/mol. The molecule has 132 valence electrons. The highest BCUT2D eigenvalue weighted by atomic mass is 127. The van der Waals surface area contributed by atoms with Crippen molar-refractivity contribution in [3.63, 3.8) is 0 Å². The fourth-order valence-corrected chi connectivity index (χ4v) is 2.16. The number of nitrogens with one attached hydrogen (secondary N) is 1. The minimum atomic E-state index is 0. The number of hydrogen-bond acceptors (Lipinski definition) is 3. The third-order valence-corrected chi connectivity index (χ3v) is 3.30. The molecule has 5 nitrogen and oxygen atoms in total. The summed E-state index contributed by atoms with van der Waals surface area (Å²) in [4.78, 5) is 6.73. The Kier molecular flexibility index (Phi) is 11.0. The Morgan fingerprint density at radius 3 is 2.30 bits per heavy atom. The Labute approximate surface area is 157 Å². The van der Waals surface area contributed by atoms with Gasteiger partial charge in [-0.25, -0.2) is 0 Å². The van der Waals surface area contributed by atoms with Crippen LogP contribution in [0.2, 0.25) is 0 Å². The van der Waals surface area contributed by atoms with E-state index in [9.17, 15) is 0 Å². The Balaban J connectivity index is 0.00000484. The van der Waals surface area contributed by atoms with Crippen LogP contribution in [0, 0.1) is 0 Å². The number of guanidine groups is 1. The van der Waals surface area contributed by atoms with E-state index in [4.69, 9.17) is 10.5 Å². The van der Waals surface area contributed by atoms with Gasteiger partial charge in [0.2, 0.25) is 0 Å². The van der Waals surface area contributed by atoms with Crippen molar-refractivity contribution in [1.29, 1.82) is 0 Å². The van der Waals surface area contributed by atoms with Gasteiger partial charge in [-0.15, -0.1) is 24.0 Å². The molecular weight excluding hydrogens is 403 g/mol. The maximum atomic E-state index is 5.92. The molecule has 23 heavy (non-hydrogen) atoms. The summed E-state index contributed by atoms with van der Waals surface area (Å²) in [5.74, 6) is 1.30. The summed E-state index contributed by atoms with van der Waals surface area (Å²) in [6.07, 6.45) is 0.174. The molecule has 0 spiro atoms. The molecule has 0 heterocycles. The van der Waals surface area contributed by atoms with Crippen LogP contribution < -0.4 is 15.8 Å². The lowest BCUT2D eigenvalue weighted by Gasteiger charge is -2.23. The smallest absolute Gasteiger partial charge is 0.193 e. The molecule has 0 aliphatic carbocycles. The molecule has 0 saturated carbocycles. The molecule has 0 radical (unpaired) electrons. The zero-order valence-corrected chi connectivity index (χ0v) is 17.2. The van der Waals surface area contributed by atoms with Gasteiger partial charge in [0.25, 0.3) is 0 Å². The van der Waals surface area contributed by atoms with E-state index in [0.29, 0.717) is 18.5 Å². The van der Waals surface area contributed by atoms with Gasteiger partial charge >= 0.3 is 0 Å². The molecule has 0 unspecified atom stereocenters. The fourth-order valence-electron chi connectivity index (χ4n) is 2.16. The second-order valence-electron chi connectivity index (χ2n) is 5.81. The number of hydrogen-bond donors (Lipinski definition) is 2. The third kappa shape index (κ3) is 9.00. The first-order chi connectivity index (χ1) is 10.4. The van der Waals surface area contributed by atoms with Gasteiger partial charge in [0.15, 0.2) is 5.96 Å². The lowest BCUT2D eigenvalue weighted by Crippen LogP contribution is -2.33. The van der Waals surface area contributed by atoms with Crippen LogP contribution in [0.15, 0.2) is 29.3 Å². The van der Waals surface area contributed by atoms with Gasteiger partial charge in [0.1, 0.15) is 5.75 Å². The molecule has 1 aromatic rings. The van der Waals surface area contributed by atoms with Crippen molar-refractivity contribution in [3.05, 3.63) is 24.3 Å². The summed E-state index contributed by atoms with van der Waals surface area (Å²) in [7, 11) is 0. The average molecular weight is 434 g/mol. The van der Waals surface area contributed by atoms with Crippen LogP contribution in [0.25, 0.3) is 0 Å². The van der Waals surface area contributed by atoms with Crippen molar-refractivity contribution in [2.75, 3.05) is 25.0 Å². The largest absolute Gasteiger partial charge is 0.491 e. The monoisotopic (exact) mass is 434 g/mol. The van der Waals surface area contributed by atoms with Gasteiger partial charge in [0.05, 0.1) is 12.6 Å². The molecular formula is C17H31IN4O. The van der Waals surface area contributed by atoms with E-state index in [0.717, 1.165) is 24.5 Å². The second kappa shape index (κ2) is 11.5. The summed E-state index contributed by atoms with van der Waals surface area (Å²) in [6, 6.07) is 8.25. The maximum Gasteiger partial charge on any atom is 0.193 e. The number of nitrogens with two attached hydrogens (primary N) is 1. The van der Waals surface area contributed by atoms with Gasteiger partial charge < -0.3 is 15.8 Å². The minimum absolute atomic E-state index is 0. The zero-order chi connectivity index (χ0) is 16.5. The van der Waals surface area contributed by atoms with E-state index in [1.54, 1.807) is 0 Å².